The Morgan fingerprint density at radius 2 is 1.81 bits per heavy atom. The number of anilines is 1. The van der Waals surface area contributed by atoms with E-state index in [1.165, 1.54) is 12.1 Å². The van der Waals surface area contributed by atoms with Crippen molar-refractivity contribution >= 4 is 40.5 Å². The van der Waals surface area contributed by atoms with Crippen molar-refractivity contribution in [3.05, 3.63) is 67.9 Å². The zero-order valence-electron chi connectivity index (χ0n) is 10.3. The van der Waals surface area contributed by atoms with Crippen molar-refractivity contribution in [1.82, 2.24) is 0 Å². The van der Waals surface area contributed by atoms with Gasteiger partial charge >= 0.3 is 0 Å². The van der Waals surface area contributed by atoms with Gasteiger partial charge in [-0.05, 0) is 18.2 Å². The van der Waals surface area contributed by atoms with E-state index in [0.29, 0.717) is 0 Å². The lowest BCUT2D eigenvalue weighted by atomic mass is 10.2. The summed E-state index contributed by atoms with van der Waals surface area (Å²) in [6.07, 6.45) is 0. The molecule has 2 rings (SSSR count). The fourth-order valence-electron chi connectivity index (χ4n) is 1.62. The largest absolute Gasteiger partial charge is 0.319 e. The van der Waals surface area contributed by atoms with Crippen LogP contribution in [-0.2, 0) is 0 Å². The predicted octanol–water partition coefficient (Wildman–Crippen LogP) is 4.29. The van der Waals surface area contributed by atoms with E-state index >= 15 is 0 Å². The lowest BCUT2D eigenvalue weighted by Crippen LogP contribution is -2.14. The van der Waals surface area contributed by atoms with E-state index in [-0.39, 0.29) is 27.0 Å². The number of nitro benzene ring substituents is 1. The molecule has 8 heteroatoms. The SMILES string of the molecule is O=C(Nc1cc([N+](=O)[O-])ccc1F)c1c(Cl)cccc1Cl. The van der Waals surface area contributed by atoms with Crippen molar-refractivity contribution in [3.63, 3.8) is 0 Å². The number of nitro groups is 1. The molecule has 1 amide bonds. The second-order valence-corrected chi connectivity index (χ2v) is 4.79. The van der Waals surface area contributed by atoms with Crippen LogP contribution < -0.4 is 5.32 Å². The van der Waals surface area contributed by atoms with Crippen molar-refractivity contribution in [2.24, 2.45) is 0 Å². The van der Waals surface area contributed by atoms with Gasteiger partial charge in [-0.25, -0.2) is 4.39 Å². The molecule has 0 bridgehead atoms. The molecule has 0 saturated carbocycles. The van der Waals surface area contributed by atoms with Crippen LogP contribution in [0.25, 0.3) is 0 Å². The Kier molecular flexibility index (Phi) is 4.40. The minimum Gasteiger partial charge on any atom is -0.319 e. The lowest BCUT2D eigenvalue weighted by molar-refractivity contribution is -0.384. The minimum absolute atomic E-state index is 0.0354. The molecule has 0 atom stereocenters. The molecule has 0 aromatic heterocycles. The molecule has 1 N–H and O–H groups in total. The average molecular weight is 329 g/mol. The van der Waals surface area contributed by atoms with Crippen LogP contribution in [0.15, 0.2) is 36.4 Å². The lowest BCUT2D eigenvalue weighted by Gasteiger charge is -2.09. The zero-order valence-corrected chi connectivity index (χ0v) is 11.8. The highest BCUT2D eigenvalue weighted by Crippen LogP contribution is 2.27. The number of carbonyl (C=O) groups is 1. The summed E-state index contributed by atoms with van der Waals surface area (Å²) in [7, 11) is 0. The van der Waals surface area contributed by atoms with E-state index in [0.717, 1.165) is 18.2 Å². The first-order chi connectivity index (χ1) is 9.90. The first-order valence-corrected chi connectivity index (χ1v) is 6.35. The smallest absolute Gasteiger partial charge is 0.271 e. The molecule has 0 aliphatic rings. The van der Waals surface area contributed by atoms with Gasteiger partial charge in [0.05, 0.1) is 26.2 Å². The minimum atomic E-state index is -0.808. The Hall–Kier alpha value is -2.18. The average Bonchev–Trinajstić information content (AvgIpc) is 2.40. The van der Waals surface area contributed by atoms with Gasteiger partial charge in [0.25, 0.3) is 11.6 Å². The molecule has 2 aromatic carbocycles. The van der Waals surface area contributed by atoms with Crippen LogP contribution in [0.4, 0.5) is 15.8 Å². The molecular formula is C13H7Cl2FN2O3. The first-order valence-electron chi connectivity index (χ1n) is 5.59. The number of rotatable bonds is 3. The predicted molar refractivity (Wildman–Crippen MR) is 77.5 cm³/mol. The zero-order chi connectivity index (χ0) is 15.6. The number of halogens is 3. The van der Waals surface area contributed by atoms with E-state index in [9.17, 15) is 19.3 Å². The molecule has 0 aliphatic heterocycles. The van der Waals surface area contributed by atoms with Gasteiger partial charge in [0.15, 0.2) is 0 Å². The molecule has 0 spiro atoms. The number of non-ortho nitro benzene ring substituents is 1. The van der Waals surface area contributed by atoms with Gasteiger partial charge in [0.1, 0.15) is 5.82 Å². The molecule has 0 unspecified atom stereocenters. The fraction of sp³-hybridized carbons (Fsp3) is 0. The van der Waals surface area contributed by atoms with Gasteiger partial charge < -0.3 is 5.32 Å². The summed E-state index contributed by atoms with van der Waals surface area (Å²) in [5.41, 5.74) is -0.714. The molecule has 0 saturated heterocycles. The normalized spacial score (nSPS) is 10.2. The van der Waals surface area contributed by atoms with E-state index in [1.807, 2.05) is 0 Å². The number of nitrogens with one attached hydrogen (secondary N) is 1. The third-order valence-electron chi connectivity index (χ3n) is 2.60. The Balaban J connectivity index is 2.36. The van der Waals surface area contributed by atoms with Crippen LogP contribution in [0.1, 0.15) is 10.4 Å². The van der Waals surface area contributed by atoms with E-state index in [4.69, 9.17) is 23.2 Å². The van der Waals surface area contributed by atoms with Crippen molar-refractivity contribution in [1.29, 1.82) is 0 Å². The van der Waals surface area contributed by atoms with Gasteiger partial charge in [-0.1, -0.05) is 29.3 Å². The molecule has 0 aliphatic carbocycles. The molecule has 21 heavy (non-hydrogen) atoms. The van der Waals surface area contributed by atoms with Gasteiger partial charge in [-0.15, -0.1) is 0 Å². The number of carbonyl (C=O) groups excluding carboxylic acids is 1. The van der Waals surface area contributed by atoms with Crippen molar-refractivity contribution < 1.29 is 14.1 Å². The molecule has 108 valence electrons. The summed E-state index contributed by atoms with van der Waals surface area (Å²) in [5.74, 6) is -1.57. The summed E-state index contributed by atoms with van der Waals surface area (Å²) in [5, 5.41) is 13.1. The molecule has 5 nitrogen and oxygen atoms in total. The van der Waals surface area contributed by atoms with Gasteiger partial charge in [0.2, 0.25) is 0 Å². The maximum absolute atomic E-state index is 13.6. The molecule has 0 fully saturated rings. The highest BCUT2D eigenvalue weighted by molar-refractivity contribution is 6.40. The third-order valence-corrected chi connectivity index (χ3v) is 3.23. The highest BCUT2D eigenvalue weighted by atomic mass is 35.5. The van der Waals surface area contributed by atoms with Crippen LogP contribution >= 0.6 is 23.2 Å². The number of amides is 1. The van der Waals surface area contributed by atoms with Gasteiger partial charge in [-0.3, -0.25) is 14.9 Å². The van der Waals surface area contributed by atoms with E-state index in [1.54, 1.807) is 6.07 Å². The quantitative estimate of drug-likeness (QED) is 0.674. The van der Waals surface area contributed by atoms with Crippen LogP contribution in [0.5, 0.6) is 0 Å². The summed E-state index contributed by atoms with van der Waals surface area (Å²) in [6, 6.07) is 7.25. The fourth-order valence-corrected chi connectivity index (χ4v) is 2.19. The van der Waals surface area contributed by atoms with Crippen molar-refractivity contribution in [2.75, 3.05) is 5.32 Å². The van der Waals surface area contributed by atoms with Crippen molar-refractivity contribution in [2.45, 2.75) is 0 Å². The Bertz CT molecular complexity index is 717. The Morgan fingerprint density at radius 1 is 1.19 bits per heavy atom. The summed E-state index contributed by atoms with van der Waals surface area (Å²) in [4.78, 5) is 22.0. The van der Waals surface area contributed by atoms with Crippen molar-refractivity contribution in [3.8, 4) is 0 Å². The number of hydrogen-bond donors (Lipinski definition) is 1. The summed E-state index contributed by atoms with van der Waals surface area (Å²) in [6.45, 7) is 0. The van der Waals surface area contributed by atoms with Crippen LogP contribution in [0, 0.1) is 15.9 Å². The topological polar surface area (TPSA) is 72.2 Å². The Morgan fingerprint density at radius 3 is 2.38 bits per heavy atom. The molecule has 0 heterocycles. The molecule has 0 radical (unpaired) electrons. The third kappa shape index (κ3) is 3.29. The van der Waals surface area contributed by atoms with Gasteiger partial charge in [0, 0.05) is 12.1 Å². The second-order valence-electron chi connectivity index (χ2n) is 3.97. The maximum Gasteiger partial charge on any atom is 0.271 e. The summed E-state index contributed by atoms with van der Waals surface area (Å²) < 4.78 is 13.6. The van der Waals surface area contributed by atoms with Crippen LogP contribution in [0.3, 0.4) is 0 Å². The molecular weight excluding hydrogens is 322 g/mol. The standard InChI is InChI=1S/C13H7Cl2FN2O3/c14-8-2-1-3-9(15)12(8)13(19)17-11-6-7(18(20)21)4-5-10(11)16/h1-6H,(H,17,19). The van der Waals surface area contributed by atoms with Crippen LogP contribution in [0.2, 0.25) is 10.0 Å². The summed E-state index contributed by atoms with van der Waals surface area (Å²) >= 11 is 11.7. The monoisotopic (exact) mass is 328 g/mol. The number of nitrogens with zero attached hydrogens (tertiary/aromatic N) is 1. The van der Waals surface area contributed by atoms with Crippen LogP contribution in [-0.4, -0.2) is 10.8 Å². The second kappa shape index (κ2) is 6.07. The van der Waals surface area contributed by atoms with E-state index in [2.05, 4.69) is 5.32 Å². The molecule has 2 aromatic rings. The van der Waals surface area contributed by atoms with E-state index < -0.39 is 16.6 Å². The maximum atomic E-state index is 13.6. The highest BCUT2D eigenvalue weighted by Gasteiger charge is 2.18. The number of benzene rings is 2. The Labute approximate surface area is 128 Å². The van der Waals surface area contributed by atoms with Gasteiger partial charge in [-0.2, -0.15) is 0 Å². The number of hydrogen-bond acceptors (Lipinski definition) is 3. The first kappa shape index (κ1) is 15.2.